The molecule has 1 saturated carbocycles. The molecule has 3 aromatic rings. The van der Waals surface area contributed by atoms with Crippen LogP contribution in [0.1, 0.15) is 35.3 Å². The highest BCUT2D eigenvalue weighted by atomic mass is 16.3. The number of hydrogen-bond acceptors (Lipinski definition) is 5. The number of fused-ring (bicyclic) bond motifs is 2. The fourth-order valence-corrected chi connectivity index (χ4v) is 4.16. The molecule has 0 spiro atoms. The predicted molar refractivity (Wildman–Crippen MR) is 93.8 cm³/mol. The van der Waals surface area contributed by atoms with Gasteiger partial charge in [0.1, 0.15) is 5.69 Å². The van der Waals surface area contributed by atoms with Crippen LogP contribution in [0.15, 0.2) is 41.3 Å². The SMILES string of the molecule is Cc1c(C(=O)N2C[C@@H]3CC[C@H]2C3)cnn1-c1nccc(-c2ccco2)n1. The Labute approximate surface area is 150 Å². The molecule has 1 saturated heterocycles. The molecule has 2 atom stereocenters. The van der Waals surface area contributed by atoms with Gasteiger partial charge in [0.25, 0.3) is 11.9 Å². The van der Waals surface area contributed by atoms with Crippen molar-refractivity contribution >= 4 is 5.91 Å². The van der Waals surface area contributed by atoms with E-state index in [1.54, 1.807) is 29.4 Å². The first-order valence-electron chi connectivity index (χ1n) is 8.93. The molecular formula is C19H19N5O2. The van der Waals surface area contributed by atoms with E-state index in [0.717, 1.165) is 25.1 Å². The van der Waals surface area contributed by atoms with E-state index in [0.29, 0.717) is 34.9 Å². The van der Waals surface area contributed by atoms with E-state index in [9.17, 15) is 4.79 Å². The zero-order valence-electron chi connectivity index (χ0n) is 14.5. The van der Waals surface area contributed by atoms with Crippen molar-refractivity contribution in [1.29, 1.82) is 0 Å². The molecule has 1 aliphatic heterocycles. The Morgan fingerprint density at radius 3 is 2.96 bits per heavy atom. The Morgan fingerprint density at radius 1 is 1.31 bits per heavy atom. The molecule has 0 radical (unpaired) electrons. The second-order valence-electron chi connectivity index (χ2n) is 7.07. The van der Waals surface area contributed by atoms with Crippen molar-refractivity contribution in [2.75, 3.05) is 6.54 Å². The number of likely N-dealkylation sites (tertiary alicyclic amines) is 1. The second kappa shape index (κ2) is 5.79. The third kappa shape index (κ3) is 2.34. The van der Waals surface area contributed by atoms with Gasteiger partial charge in [-0.05, 0) is 50.3 Å². The van der Waals surface area contributed by atoms with E-state index in [-0.39, 0.29) is 5.91 Å². The summed E-state index contributed by atoms with van der Waals surface area (Å²) in [6, 6.07) is 5.85. The first kappa shape index (κ1) is 15.3. The largest absolute Gasteiger partial charge is 0.463 e. The molecule has 1 aliphatic carbocycles. The van der Waals surface area contributed by atoms with Crippen LogP contribution < -0.4 is 0 Å². The van der Waals surface area contributed by atoms with Crippen LogP contribution in [-0.2, 0) is 0 Å². The van der Waals surface area contributed by atoms with Gasteiger partial charge in [-0.1, -0.05) is 0 Å². The highest BCUT2D eigenvalue weighted by Crippen LogP contribution is 2.38. The third-order valence-corrected chi connectivity index (χ3v) is 5.52. The minimum Gasteiger partial charge on any atom is -0.463 e. The Morgan fingerprint density at radius 2 is 2.23 bits per heavy atom. The fraction of sp³-hybridized carbons (Fsp3) is 0.368. The number of nitrogens with zero attached hydrogens (tertiary/aromatic N) is 5. The highest BCUT2D eigenvalue weighted by Gasteiger charge is 2.41. The lowest BCUT2D eigenvalue weighted by atomic mass is 10.1. The van der Waals surface area contributed by atoms with Gasteiger partial charge in [-0.2, -0.15) is 5.10 Å². The van der Waals surface area contributed by atoms with Gasteiger partial charge in [-0.15, -0.1) is 0 Å². The molecule has 0 unspecified atom stereocenters. The number of piperidine rings is 1. The van der Waals surface area contributed by atoms with Crippen molar-refractivity contribution in [1.82, 2.24) is 24.6 Å². The van der Waals surface area contributed by atoms with E-state index in [1.165, 1.54) is 6.42 Å². The lowest BCUT2D eigenvalue weighted by molar-refractivity contribution is 0.0703. The van der Waals surface area contributed by atoms with Gasteiger partial charge in [0.2, 0.25) is 0 Å². The minimum absolute atomic E-state index is 0.0724. The van der Waals surface area contributed by atoms with E-state index in [1.807, 2.05) is 24.0 Å². The van der Waals surface area contributed by atoms with E-state index in [4.69, 9.17) is 4.42 Å². The molecular weight excluding hydrogens is 330 g/mol. The summed E-state index contributed by atoms with van der Waals surface area (Å²) in [7, 11) is 0. The lowest BCUT2D eigenvalue weighted by Crippen LogP contribution is -2.37. The van der Waals surface area contributed by atoms with Gasteiger partial charge in [0.05, 0.1) is 23.7 Å². The van der Waals surface area contributed by atoms with Gasteiger partial charge >= 0.3 is 0 Å². The molecule has 2 bridgehead atoms. The standard InChI is InChI=1S/C19H19N5O2/c1-12-15(18(25)23-11-13-4-5-14(23)9-13)10-21-24(12)19-20-7-6-16(22-19)17-3-2-8-26-17/h2-3,6-8,10,13-14H,4-5,9,11H2,1H3/t13-,14+/m1/s1. The molecule has 7 heteroatoms. The Bertz CT molecular complexity index is 962. The summed E-state index contributed by atoms with van der Waals surface area (Å²) >= 11 is 0. The monoisotopic (exact) mass is 349 g/mol. The van der Waals surface area contributed by atoms with Crippen molar-refractivity contribution in [3.63, 3.8) is 0 Å². The molecule has 3 aromatic heterocycles. The average Bonchev–Trinajstić information content (AvgIpc) is 3.45. The maximum atomic E-state index is 13.0. The predicted octanol–water partition coefficient (Wildman–Crippen LogP) is 2.86. The van der Waals surface area contributed by atoms with Crippen LogP contribution in [-0.4, -0.2) is 43.1 Å². The zero-order valence-corrected chi connectivity index (χ0v) is 14.5. The molecule has 0 N–H and O–H groups in total. The van der Waals surface area contributed by atoms with Crippen LogP contribution in [0.4, 0.5) is 0 Å². The number of furan rings is 1. The smallest absolute Gasteiger partial charge is 0.257 e. The van der Waals surface area contributed by atoms with Gasteiger partial charge < -0.3 is 9.32 Å². The topological polar surface area (TPSA) is 77.0 Å². The number of hydrogen-bond donors (Lipinski definition) is 0. The maximum Gasteiger partial charge on any atom is 0.257 e. The number of rotatable bonds is 3. The van der Waals surface area contributed by atoms with Crippen LogP contribution in [0.3, 0.4) is 0 Å². The molecule has 5 rings (SSSR count). The van der Waals surface area contributed by atoms with Crippen LogP contribution in [0.25, 0.3) is 17.4 Å². The van der Waals surface area contributed by atoms with Crippen LogP contribution in [0.2, 0.25) is 0 Å². The lowest BCUT2D eigenvalue weighted by Gasteiger charge is -2.26. The van der Waals surface area contributed by atoms with Gasteiger partial charge in [-0.25, -0.2) is 14.6 Å². The number of carbonyl (C=O) groups is 1. The first-order chi connectivity index (χ1) is 12.7. The molecule has 7 nitrogen and oxygen atoms in total. The molecule has 2 aliphatic rings. The van der Waals surface area contributed by atoms with Crippen molar-refractivity contribution < 1.29 is 9.21 Å². The summed E-state index contributed by atoms with van der Waals surface area (Å²) in [6.07, 6.45) is 8.43. The molecule has 132 valence electrons. The molecule has 26 heavy (non-hydrogen) atoms. The molecule has 2 fully saturated rings. The molecule has 1 amide bonds. The number of aromatic nitrogens is 4. The van der Waals surface area contributed by atoms with E-state index in [2.05, 4.69) is 15.1 Å². The van der Waals surface area contributed by atoms with Crippen molar-refractivity contribution in [3.8, 4) is 17.4 Å². The zero-order chi connectivity index (χ0) is 17.7. The summed E-state index contributed by atoms with van der Waals surface area (Å²) in [6.45, 7) is 2.76. The van der Waals surface area contributed by atoms with Gasteiger partial charge in [0, 0.05) is 18.8 Å². The van der Waals surface area contributed by atoms with Gasteiger partial charge in [-0.3, -0.25) is 4.79 Å². The normalized spacial score (nSPS) is 21.5. The number of amides is 1. The van der Waals surface area contributed by atoms with Crippen molar-refractivity contribution in [2.45, 2.75) is 32.2 Å². The second-order valence-corrected chi connectivity index (χ2v) is 7.07. The Balaban J connectivity index is 1.47. The summed E-state index contributed by atoms with van der Waals surface area (Å²) in [5, 5.41) is 4.38. The summed E-state index contributed by atoms with van der Waals surface area (Å²) in [4.78, 5) is 23.8. The minimum atomic E-state index is 0.0724. The van der Waals surface area contributed by atoms with Crippen molar-refractivity contribution in [3.05, 3.63) is 48.1 Å². The maximum absolute atomic E-state index is 13.0. The summed E-state index contributed by atoms with van der Waals surface area (Å²) in [5.74, 6) is 1.84. The quantitative estimate of drug-likeness (QED) is 0.727. The summed E-state index contributed by atoms with van der Waals surface area (Å²) in [5.41, 5.74) is 2.07. The van der Waals surface area contributed by atoms with Crippen LogP contribution >= 0.6 is 0 Å². The Hall–Kier alpha value is -2.96. The van der Waals surface area contributed by atoms with E-state index < -0.39 is 0 Å². The first-order valence-corrected chi connectivity index (χ1v) is 8.93. The highest BCUT2D eigenvalue weighted by molar-refractivity contribution is 5.95. The van der Waals surface area contributed by atoms with E-state index >= 15 is 0 Å². The van der Waals surface area contributed by atoms with Gasteiger partial charge in [0.15, 0.2) is 5.76 Å². The third-order valence-electron chi connectivity index (χ3n) is 5.52. The van der Waals surface area contributed by atoms with Crippen LogP contribution in [0.5, 0.6) is 0 Å². The average molecular weight is 349 g/mol. The summed E-state index contributed by atoms with van der Waals surface area (Å²) < 4.78 is 7.02. The van der Waals surface area contributed by atoms with Crippen molar-refractivity contribution in [2.24, 2.45) is 5.92 Å². The van der Waals surface area contributed by atoms with Crippen LogP contribution in [0, 0.1) is 12.8 Å². The molecule has 4 heterocycles. The Kier molecular flexibility index (Phi) is 3.41. The number of carbonyl (C=O) groups excluding carboxylic acids is 1. The molecule has 0 aromatic carbocycles. The fourth-order valence-electron chi connectivity index (χ4n) is 4.16.